The molecule has 84 valence electrons. The lowest BCUT2D eigenvalue weighted by molar-refractivity contribution is 0.000114. The maximum absolute atomic E-state index is 10.4. The molecule has 2 rings (SSSR count). The van der Waals surface area contributed by atoms with Crippen molar-refractivity contribution in [3.63, 3.8) is 0 Å². The highest BCUT2D eigenvalue weighted by Crippen LogP contribution is 2.32. The van der Waals surface area contributed by atoms with Gasteiger partial charge in [-0.05, 0) is 11.1 Å². The standard InChI is InChI=1S/C13H15NO2/c14-9-13(16)11(7-4-8-12(13)15)10-5-2-1-3-6-10/h1-8,12,15-16H,9,14H2/t12-,13-/m1/s1. The highest BCUT2D eigenvalue weighted by molar-refractivity contribution is 5.76. The SMILES string of the molecule is NC[C@@]1(O)C(c2ccccc2)=CC=C[C@H]1O. The van der Waals surface area contributed by atoms with E-state index in [1.54, 1.807) is 18.2 Å². The molecule has 0 aliphatic heterocycles. The summed E-state index contributed by atoms with van der Waals surface area (Å²) in [4.78, 5) is 0. The molecule has 2 atom stereocenters. The first-order valence-electron chi connectivity index (χ1n) is 5.23. The molecule has 0 fully saturated rings. The predicted molar refractivity (Wildman–Crippen MR) is 63.6 cm³/mol. The molecule has 0 amide bonds. The van der Waals surface area contributed by atoms with Gasteiger partial charge in [-0.1, -0.05) is 48.6 Å². The van der Waals surface area contributed by atoms with Crippen LogP contribution in [-0.2, 0) is 0 Å². The van der Waals surface area contributed by atoms with Crippen molar-refractivity contribution in [1.82, 2.24) is 0 Å². The van der Waals surface area contributed by atoms with Gasteiger partial charge in [0.25, 0.3) is 0 Å². The van der Waals surface area contributed by atoms with Crippen LogP contribution in [0.5, 0.6) is 0 Å². The van der Waals surface area contributed by atoms with Crippen molar-refractivity contribution >= 4 is 5.57 Å². The van der Waals surface area contributed by atoms with E-state index in [1.807, 2.05) is 30.3 Å². The summed E-state index contributed by atoms with van der Waals surface area (Å²) in [7, 11) is 0. The smallest absolute Gasteiger partial charge is 0.132 e. The molecule has 0 aromatic heterocycles. The van der Waals surface area contributed by atoms with Crippen LogP contribution in [0.3, 0.4) is 0 Å². The number of hydrogen-bond donors (Lipinski definition) is 3. The lowest BCUT2D eigenvalue weighted by atomic mass is 9.80. The number of allylic oxidation sites excluding steroid dienone is 2. The molecule has 0 saturated heterocycles. The summed E-state index contributed by atoms with van der Waals surface area (Å²) in [6.45, 7) is -0.0146. The van der Waals surface area contributed by atoms with E-state index >= 15 is 0 Å². The van der Waals surface area contributed by atoms with Crippen LogP contribution < -0.4 is 5.73 Å². The van der Waals surface area contributed by atoms with Crippen LogP contribution >= 0.6 is 0 Å². The Morgan fingerprint density at radius 3 is 2.56 bits per heavy atom. The highest BCUT2D eigenvalue weighted by Gasteiger charge is 2.38. The summed E-state index contributed by atoms with van der Waals surface area (Å²) in [5, 5.41) is 20.2. The zero-order valence-corrected chi connectivity index (χ0v) is 8.88. The summed E-state index contributed by atoms with van der Waals surface area (Å²) >= 11 is 0. The van der Waals surface area contributed by atoms with Gasteiger partial charge in [0.05, 0.1) is 0 Å². The van der Waals surface area contributed by atoms with Crippen molar-refractivity contribution in [2.24, 2.45) is 5.73 Å². The van der Waals surface area contributed by atoms with Crippen molar-refractivity contribution in [1.29, 1.82) is 0 Å². The van der Waals surface area contributed by atoms with Gasteiger partial charge in [-0.25, -0.2) is 0 Å². The summed E-state index contributed by atoms with van der Waals surface area (Å²) in [6, 6.07) is 9.45. The third-order valence-electron chi connectivity index (χ3n) is 2.91. The monoisotopic (exact) mass is 217 g/mol. The van der Waals surface area contributed by atoms with Gasteiger partial charge in [0.1, 0.15) is 11.7 Å². The Morgan fingerprint density at radius 2 is 1.94 bits per heavy atom. The Labute approximate surface area is 94.5 Å². The average molecular weight is 217 g/mol. The zero-order valence-electron chi connectivity index (χ0n) is 8.88. The third-order valence-corrected chi connectivity index (χ3v) is 2.91. The second kappa shape index (κ2) is 4.22. The first kappa shape index (κ1) is 11.1. The van der Waals surface area contributed by atoms with Crippen molar-refractivity contribution in [3.8, 4) is 0 Å². The molecule has 0 heterocycles. The van der Waals surface area contributed by atoms with Crippen LogP contribution in [0.15, 0.2) is 48.6 Å². The molecule has 0 spiro atoms. The normalized spacial score (nSPS) is 28.9. The lowest BCUT2D eigenvalue weighted by Gasteiger charge is -2.35. The van der Waals surface area contributed by atoms with Crippen LogP contribution in [-0.4, -0.2) is 28.5 Å². The fourth-order valence-corrected chi connectivity index (χ4v) is 1.91. The van der Waals surface area contributed by atoms with Crippen molar-refractivity contribution < 1.29 is 10.2 Å². The first-order chi connectivity index (χ1) is 7.68. The van der Waals surface area contributed by atoms with E-state index in [9.17, 15) is 10.2 Å². The number of aliphatic hydroxyl groups excluding tert-OH is 1. The Kier molecular flexibility index (Phi) is 2.92. The summed E-state index contributed by atoms with van der Waals surface area (Å²) in [5.74, 6) is 0. The fraction of sp³-hybridized carbons (Fsp3) is 0.231. The van der Waals surface area contributed by atoms with Crippen LogP contribution in [0, 0.1) is 0 Å². The van der Waals surface area contributed by atoms with Crippen LogP contribution in [0.1, 0.15) is 5.56 Å². The van der Waals surface area contributed by atoms with E-state index < -0.39 is 11.7 Å². The van der Waals surface area contributed by atoms with Crippen molar-refractivity contribution in [2.75, 3.05) is 6.54 Å². The Balaban J connectivity index is 2.47. The third kappa shape index (κ3) is 1.69. The molecule has 0 radical (unpaired) electrons. The van der Waals surface area contributed by atoms with E-state index in [2.05, 4.69) is 0 Å². The number of hydrogen-bond acceptors (Lipinski definition) is 3. The molecule has 0 unspecified atom stereocenters. The molecule has 0 saturated carbocycles. The van der Waals surface area contributed by atoms with E-state index in [1.165, 1.54) is 0 Å². The molecule has 1 aliphatic rings. The summed E-state index contributed by atoms with van der Waals surface area (Å²) < 4.78 is 0. The Hall–Kier alpha value is -1.42. The van der Waals surface area contributed by atoms with Crippen LogP contribution in [0.4, 0.5) is 0 Å². The Bertz CT molecular complexity index is 425. The second-order valence-electron chi connectivity index (χ2n) is 3.90. The van der Waals surface area contributed by atoms with Gasteiger partial charge < -0.3 is 15.9 Å². The van der Waals surface area contributed by atoms with E-state index in [4.69, 9.17) is 5.73 Å². The average Bonchev–Trinajstić information content (AvgIpc) is 2.34. The topological polar surface area (TPSA) is 66.5 Å². The second-order valence-corrected chi connectivity index (χ2v) is 3.90. The molecule has 4 N–H and O–H groups in total. The maximum Gasteiger partial charge on any atom is 0.132 e. The number of benzene rings is 1. The van der Waals surface area contributed by atoms with E-state index in [-0.39, 0.29) is 6.54 Å². The largest absolute Gasteiger partial charge is 0.386 e. The van der Waals surface area contributed by atoms with Gasteiger partial charge in [-0.15, -0.1) is 0 Å². The minimum Gasteiger partial charge on any atom is -0.386 e. The zero-order chi connectivity index (χ0) is 11.6. The van der Waals surface area contributed by atoms with Gasteiger partial charge in [0.15, 0.2) is 0 Å². The predicted octanol–water partition coefficient (Wildman–Crippen LogP) is 0.690. The maximum atomic E-state index is 10.4. The first-order valence-corrected chi connectivity index (χ1v) is 5.23. The van der Waals surface area contributed by atoms with Crippen molar-refractivity contribution in [3.05, 3.63) is 54.1 Å². The molecular weight excluding hydrogens is 202 g/mol. The number of rotatable bonds is 2. The van der Waals surface area contributed by atoms with Gasteiger partial charge >= 0.3 is 0 Å². The Morgan fingerprint density at radius 1 is 1.25 bits per heavy atom. The minimum absolute atomic E-state index is 0.0146. The van der Waals surface area contributed by atoms with Crippen LogP contribution in [0.2, 0.25) is 0 Å². The minimum atomic E-state index is -1.39. The van der Waals surface area contributed by atoms with E-state index in [0.717, 1.165) is 5.56 Å². The molecule has 0 bridgehead atoms. The fourth-order valence-electron chi connectivity index (χ4n) is 1.91. The molecule has 16 heavy (non-hydrogen) atoms. The molecule has 1 aromatic carbocycles. The number of nitrogens with two attached hydrogens (primary N) is 1. The van der Waals surface area contributed by atoms with Gasteiger partial charge in [0.2, 0.25) is 0 Å². The summed E-state index contributed by atoms with van der Waals surface area (Å²) in [6.07, 6.45) is 4.10. The van der Waals surface area contributed by atoms with Crippen LogP contribution in [0.25, 0.3) is 5.57 Å². The number of aliphatic hydroxyl groups is 2. The lowest BCUT2D eigenvalue weighted by Crippen LogP contribution is -2.49. The molecule has 1 aliphatic carbocycles. The van der Waals surface area contributed by atoms with E-state index in [0.29, 0.717) is 5.57 Å². The molecule has 3 nitrogen and oxygen atoms in total. The molecule has 3 heteroatoms. The molecular formula is C13H15NO2. The summed E-state index contributed by atoms with van der Waals surface area (Å²) in [5.41, 5.74) is 5.71. The van der Waals surface area contributed by atoms with Crippen molar-refractivity contribution in [2.45, 2.75) is 11.7 Å². The molecule has 1 aromatic rings. The van der Waals surface area contributed by atoms with Gasteiger partial charge in [0, 0.05) is 6.54 Å². The quantitative estimate of drug-likeness (QED) is 0.683. The van der Waals surface area contributed by atoms with Gasteiger partial charge in [-0.2, -0.15) is 0 Å². The van der Waals surface area contributed by atoms with Gasteiger partial charge in [-0.3, -0.25) is 0 Å². The highest BCUT2D eigenvalue weighted by atomic mass is 16.3.